The fraction of sp³-hybridized carbons (Fsp3) is 0.200. The van der Waals surface area contributed by atoms with Crippen molar-refractivity contribution in [3.8, 4) is 23.1 Å². The minimum Gasteiger partial charge on any atom is -0.345 e. The van der Waals surface area contributed by atoms with Gasteiger partial charge in [-0.1, -0.05) is 12.1 Å². The molecule has 1 amide bonds. The molecular formula is C25H22FN5O3S. The van der Waals surface area contributed by atoms with E-state index in [1.807, 2.05) is 6.07 Å². The third-order valence-electron chi connectivity index (χ3n) is 6.08. The quantitative estimate of drug-likeness (QED) is 0.379. The molecule has 0 radical (unpaired) electrons. The Hall–Kier alpha value is -3.78. The lowest BCUT2D eigenvalue weighted by Crippen LogP contribution is -2.46. The summed E-state index contributed by atoms with van der Waals surface area (Å²) in [5.74, 6) is -0.0856. The predicted molar refractivity (Wildman–Crippen MR) is 132 cm³/mol. The monoisotopic (exact) mass is 491 g/mol. The zero-order valence-electron chi connectivity index (χ0n) is 18.8. The number of hydrogen-bond acceptors (Lipinski definition) is 6. The maximum Gasteiger partial charge on any atom is 0.251 e. The van der Waals surface area contributed by atoms with Crippen LogP contribution in [-0.2, 0) is 0 Å². The lowest BCUT2D eigenvalue weighted by Gasteiger charge is -2.30. The molecule has 0 bridgehead atoms. The molecule has 0 spiro atoms. The van der Waals surface area contributed by atoms with E-state index in [9.17, 15) is 23.6 Å². The number of fused-ring (bicyclic) bond motifs is 1. The lowest BCUT2D eigenvalue weighted by molar-refractivity contribution is 0.0915. The Bertz CT molecular complexity index is 1500. The van der Waals surface area contributed by atoms with Crippen LogP contribution in [0.2, 0.25) is 0 Å². The summed E-state index contributed by atoms with van der Waals surface area (Å²) in [5, 5.41) is 17.7. The van der Waals surface area contributed by atoms with Gasteiger partial charge < -0.3 is 5.32 Å². The average Bonchev–Trinajstić information content (AvgIpc) is 3.35. The molecule has 8 nitrogen and oxygen atoms in total. The first-order valence-electron chi connectivity index (χ1n) is 10.9. The van der Waals surface area contributed by atoms with E-state index in [0.717, 1.165) is 17.1 Å². The van der Waals surface area contributed by atoms with E-state index in [1.165, 1.54) is 16.8 Å². The number of nitrogens with zero attached hydrogens (tertiary/aromatic N) is 4. The number of rotatable bonds is 4. The molecule has 1 saturated heterocycles. The van der Waals surface area contributed by atoms with Gasteiger partial charge in [-0.05, 0) is 55.8 Å². The first-order valence-corrected chi connectivity index (χ1v) is 12.8. The number of hydrogen-bond donors (Lipinski definition) is 3. The normalized spacial score (nSPS) is 19.9. The van der Waals surface area contributed by atoms with Crippen molar-refractivity contribution in [1.82, 2.24) is 20.1 Å². The maximum atomic E-state index is 13.5. The molecule has 1 fully saturated rings. The molecule has 1 unspecified atom stereocenters. The second-order valence-electron chi connectivity index (χ2n) is 8.93. The molecule has 0 saturated carbocycles. The van der Waals surface area contributed by atoms with Crippen LogP contribution < -0.4 is 5.32 Å². The van der Waals surface area contributed by atoms with Crippen molar-refractivity contribution in [2.24, 2.45) is 0 Å². The zero-order valence-corrected chi connectivity index (χ0v) is 19.6. The molecular weight excluding hydrogens is 469 g/mol. The molecule has 0 aliphatic carbocycles. The summed E-state index contributed by atoms with van der Waals surface area (Å²) in [6.07, 6.45) is 1.56. The van der Waals surface area contributed by atoms with Gasteiger partial charge in [-0.3, -0.25) is 13.9 Å². The van der Waals surface area contributed by atoms with E-state index >= 15 is 0 Å². The van der Waals surface area contributed by atoms with Crippen molar-refractivity contribution in [3.63, 3.8) is 0 Å². The molecule has 5 rings (SSSR count). The third-order valence-corrected chi connectivity index (χ3v) is 8.04. The number of nitriles is 1. The van der Waals surface area contributed by atoms with Crippen LogP contribution in [0, 0.1) is 17.1 Å². The summed E-state index contributed by atoms with van der Waals surface area (Å²) in [4.78, 5) is 17.3. The Morgan fingerprint density at radius 3 is 2.74 bits per heavy atom. The largest absolute Gasteiger partial charge is 0.345 e. The molecule has 2 aromatic heterocycles. The van der Waals surface area contributed by atoms with Gasteiger partial charge >= 0.3 is 0 Å². The molecule has 1 aliphatic rings. The van der Waals surface area contributed by atoms with Crippen LogP contribution in [0.5, 0.6) is 0 Å². The number of amides is 1. The molecule has 3 N–H and O–H groups in total. The van der Waals surface area contributed by atoms with Gasteiger partial charge in [-0.2, -0.15) is 21.0 Å². The van der Waals surface area contributed by atoms with Crippen molar-refractivity contribution in [3.05, 3.63) is 77.7 Å². The first-order chi connectivity index (χ1) is 16.7. The minimum absolute atomic E-state index is 0.116. The number of aromatic nitrogens is 3. The fourth-order valence-electron chi connectivity index (χ4n) is 4.36. The standard InChI is InChI=1S/C25H22FN5O3S/c1-25(9-10-35(33,34)15-25)29-24(32)18-5-7-20-21(12-18)31(22-8-6-19(26)14-28-22)30-23(20)17-4-2-3-16(11-17)13-27/h2-8,11-12,14,33-34H,9-10,15H2,1H3,(H,29,32). The molecule has 35 heavy (non-hydrogen) atoms. The van der Waals surface area contributed by atoms with Gasteiger partial charge in [0.05, 0.1) is 34.6 Å². The first kappa shape index (κ1) is 23.0. The minimum atomic E-state index is -2.69. The van der Waals surface area contributed by atoms with Crippen molar-refractivity contribution in [2.45, 2.75) is 18.9 Å². The van der Waals surface area contributed by atoms with Gasteiger partial charge in [0.25, 0.3) is 5.91 Å². The number of carbonyl (C=O) groups is 1. The predicted octanol–water partition coefficient (Wildman–Crippen LogP) is 4.74. The molecule has 2 aromatic carbocycles. The van der Waals surface area contributed by atoms with E-state index in [4.69, 9.17) is 5.10 Å². The molecule has 10 heteroatoms. The number of nitrogens with one attached hydrogen (secondary N) is 1. The summed E-state index contributed by atoms with van der Waals surface area (Å²) in [6, 6.07) is 17.1. The van der Waals surface area contributed by atoms with Crippen molar-refractivity contribution in [1.29, 1.82) is 5.26 Å². The van der Waals surface area contributed by atoms with Crippen LogP contribution in [-0.4, -0.2) is 46.8 Å². The van der Waals surface area contributed by atoms with E-state index < -0.39 is 21.9 Å². The lowest BCUT2D eigenvalue weighted by atomic mass is 10.0. The van der Waals surface area contributed by atoms with Crippen LogP contribution in [0.15, 0.2) is 60.8 Å². The number of carbonyl (C=O) groups excluding carboxylic acids is 1. The molecule has 4 aromatic rings. The molecule has 3 heterocycles. The topological polar surface area (TPSA) is 124 Å². The highest BCUT2D eigenvalue weighted by molar-refractivity contribution is 8.24. The SMILES string of the molecule is CC1(NC(=O)c2ccc3c(-c4cccc(C#N)c4)nn(-c4ccc(F)cn4)c3c2)CCS(O)(O)C1. The van der Waals surface area contributed by atoms with Crippen LogP contribution in [0.1, 0.15) is 29.3 Å². The highest BCUT2D eigenvalue weighted by atomic mass is 32.3. The van der Waals surface area contributed by atoms with Gasteiger partial charge in [0, 0.05) is 22.3 Å². The number of halogens is 1. The zero-order chi connectivity index (χ0) is 24.8. The third kappa shape index (κ3) is 4.49. The van der Waals surface area contributed by atoms with Gasteiger partial charge in [0.2, 0.25) is 0 Å². The van der Waals surface area contributed by atoms with Crippen molar-refractivity contribution >= 4 is 27.4 Å². The number of benzene rings is 2. The average molecular weight is 492 g/mol. The highest BCUT2D eigenvalue weighted by Crippen LogP contribution is 2.50. The van der Waals surface area contributed by atoms with Crippen LogP contribution in [0.3, 0.4) is 0 Å². The number of pyridine rings is 1. The Morgan fingerprint density at radius 1 is 1.23 bits per heavy atom. The Labute approximate surface area is 202 Å². The summed E-state index contributed by atoms with van der Waals surface area (Å²) in [7, 11) is -2.69. The molecule has 1 atom stereocenters. The second-order valence-corrected chi connectivity index (χ2v) is 11.2. The van der Waals surface area contributed by atoms with Gasteiger partial charge in [0.15, 0.2) is 5.82 Å². The summed E-state index contributed by atoms with van der Waals surface area (Å²) >= 11 is 0. The van der Waals surface area contributed by atoms with Crippen molar-refractivity contribution in [2.75, 3.05) is 11.5 Å². The summed E-state index contributed by atoms with van der Waals surface area (Å²) < 4.78 is 35.1. The van der Waals surface area contributed by atoms with Crippen LogP contribution in [0.4, 0.5) is 4.39 Å². The van der Waals surface area contributed by atoms with Crippen LogP contribution in [0.25, 0.3) is 28.0 Å². The molecule has 178 valence electrons. The Balaban J connectivity index is 1.60. The van der Waals surface area contributed by atoms with Crippen molar-refractivity contribution < 1.29 is 18.3 Å². The van der Waals surface area contributed by atoms with Crippen LogP contribution >= 0.6 is 10.6 Å². The fourth-order valence-corrected chi connectivity index (χ4v) is 6.52. The molecule has 1 aliphatic heterocycles. The summed E-state index contributed by atoms with van der Waals surface area (Å²) in [5.41, 5.74) is 2.02. The van der Waals surface area contributed by atoms with E-state index in [2.05, 4.69) is 16.4 Å². The maximum absolute atomic E-state index is 13.5. The summed E-state index contributed by atoms with van der Waals surface area (Å²) in [6.45, 7) is 1.80. The second kappa shape index (κ2) is 8.46. The highest BCUT2D eigenvalue weighted by Gasteiger charge is 2.39. The van der Waals surface area contributed by atoms with E-state index in [1.54, 1.807) is 43.3 Å². The van der Waals surface area contributed by atoms with E-state index in [0.29, 0.717) is 34.6 Å². The van der Waals surface area contributed by atoms with Gasteiger partial charge in [-0.15, -0.1) is 0 Å². The smallest absolute Gasteiger partial charge is 0.251 e. The van der Waals surface area contributed by atoms with Gasteiger partial charge in [0.1, 0.15) is 11.5 Å². The Morgan fingerprint density at radius 2 is 2.06 bits per heavy atom. The Kier molecular flexibility index (Phi) is 5.56. The van der Waals surface area contributed by atoms with Gasteiger partial charge in [-0.25, -0.2) is 14.1 Å². The van der Waals surface area contributed by atoms with E-state index in [-0.39, 0.29) is 17.4 Å².